The van der Waals surface area contributed by atoms with Gasteiger partial charge >= 0.3 is 0 Å². The molecule has 6 heteroatoms. The van der Waals surface area contributed by atoms with Crippen molar-refractivity contribution in [2.24, 2.45) is 0 Å². The average molecular weight is 340 g/mol. The highest BCUT2D eigenvalue weighted by atomic mass is 16.5. The maximum atomic E-state index is 12.4. The van der Waals surface area contributed by atoms with Crippen molar-refractivity contribution < 1.29 is 14.2 Å². The summed E-state index contributed by atoms with van der Waals surface area (Å²) in [4.78, 5) is 19.7. The molecule has 3 aromatic rings. The molecule has 0 fully saturated rings. The minimum atomic E-state index is -0.191. The Hall–Kier alpha value is -2.86. The standard InChI is InChI=1S/C19H20N2O4/c1-3-24-11-12-25-17-14(8-6-10-16(17)23-2)18-20-15-9-5-4-7-13(15)19(22)21-18/h4-10H,3,11-12H2,1-2H3,(H,20,21,22). The van der Waals surface area contributed by atoms with E-state index in [1.807, 2.05) is 37.3 Å². The molecule has 130 valence electrons. The number of methoxy groups -OCH3 is 1. The van der Waals surface area contributed by atoms with Crippen molar-refractivity contribution in [1.29, 1.82) is 0 Å². The van der Waals surface area contributed by atoms with E-state index in [1.165, 1.54) is 0 Å². The van der Waals surface area contributed by atoms with Crippen molar-refractivity contribution in [3.63, 3.8) is 0 Å². The normalized spacial score (nSPS) is 10.8. The fourth-order valence-electron chi connectivity index (χ4n) is 2.57. The smallest absolute Gasteiger partial charge is 0.259 e. The molecule has 1 N–H and O–H groups in total. The molecule has 6 nitrogen and oxygen atoms in total. The first-order chi connectivity index (χ1) is 12.2. The summed E-state index contributed by atoms with van der Waals surface area (Å²) < 4.78 is 16.6. The fraction of sp³-hybridized carbons (Fsp3) is 0.263. The molecule has 0 spiro atoms. The van der Waals surface area contributed by atoms with Crippen LogP contribution in [0, 0.1) is 0 Å². The molecule has 25 heavy (non-hydrogen) atoms. The first kappa shape index (κ1) is 17.0. The number of hydrogen-bond donors (Lipinski definition) is 1. The van der Waals surface area contributed by atoms with Crippen molar-refractivity contribution in [3.8, 4) is 22.9 Å². The van der Waals surface area contributed by atoms with E-state index >= 15 is 0 Å². The molecule has 0 radical (unpaired) electrons. The lowest BCUT2D eigenvalue weighted by molar-refractivity contribution is 0.109. The van der Waals surface area contributed by atoms with E-state index < -0.39 is 0 Å². The first-order valence-corrected chi connectivity index (χ1v) is 8.11. The van der Waals surface area contributed by atoms with Crippen LogP contribution in [0.25, 0.3) is 22.3 Å². The number of aromatic nitrogens is 2. The van der Waals surface area contributed by atoms with E-state index in [0.29, 0.717) is 53.6 Å². The molecule has 0 amide bonds. The lowest BCUT2D eigenvalue weighted by Gasteiger charge is -2.15. The van der Waals surface area contributed by atoms with Gasteiger partial charge in [-0.3, -0.25) is 4.79 Å². The Morgan fingerprint density at radius 2 is 1.92 bits per heavy atom. The Labute approximate surface area is 145 Å². The number of para-hydroxylation sites is 2. The number of rotatable bonds is 7. The van der Waals surface area contributed by atoms with Gasteiger partial charge in [0.15, 0.2) is 11.5 Å². The Kier molecular flexibility index (Phi) is 5.30. The van der Waals surface area contributed by atoms with Gasteiger partial charge in [-0.25, -0.2) is 4.98 Å². The van der Waals surface area contributed by atoms with Gasteiger partial charge in [0.25, 0.3) is 5.56 Å². The summed E-state index contributed by atoms with van der Waals surface area (Å²) in [7, 11) is 1.57. The number of aromatic amines is 1. The molecular weight excluding hydrogens is 320 g/mol. The van der Waals surface area contributed by atoms with Crippen LogP contribution in [0.1, 0.15) is 6.92 Å². The third-order valence-corrected chi connectivity index (χ3v) is 3.75. The second-order valence-electron chi connectivity index (χ2n) is 5.31. The fourth-order valence-corrected chi connectivity index (χ4v) is 2.57. The number of nitrogens with one attached hydrogen (secondary N) is 1. The molecule has 0 aliphatic carbocycles. The number of H-pyrrole nitrogens is 1. The van der Waals surface area contributed by atoms with Crippen molar-refractivity contribution in [3.05, 3.63) is 52.8 Å². The average Bonchev–Trinajstić information content (AvgIpc) is 2.65. The molecule has 0 saturated carbocycles. The monoisotopic (exact) mass is 340 g/mol. The minimum Gasteiger partial charge on any atom is -0.493 e. The van der Waals surface area contributed by atoms with Gasteiger partial charge in [-0.05, 0) is 31.2 Å². The summed E-state index contributed by atoms with van der Waals surface area (Å²) in [5.41, 5.74) is 1.10. The van der Waals surface area contributed by atoms with Crippen LogP contribution < -0.4 is 15.0 Å². The molecule has 0 aliphatic heterocycles. The molecule has 3 rings (SSSR count). The SMILES string of the molecule is CCOCCOc1c(OC)cccc1-c1nc2ccccc2c(=O)[nH]1. The molecule has 0 bridgehead atoms. The predicted molar refractivity (Wildman–Crippen MR) is 96.3 cm³/mol. The highest BCUT2D eigenvalue weighted by Gasteiger charge is 2.15. The highest BCUT2D eigenvalue weighted by molar-refractivity contribution is 5.80. The summed E-state index contributed by atoms with van der Waals surface area (Å²) in [6.07, 6.45) is 0. The minimum absolute atomic E-state index is 0.191. The summed E-state index contributed by atoms with van der Waals surface area (Å²) in [5, 5.41) is 0.549. The topological polar surface area (TPSA) is 73.4 Å². The van der Waals surface area contributed by atoms with Gasteiger partial charge in [0.2, 0.25) is 0 Å². The zero-order valence-electron chi connectivity index (χ0n) is 14.2. The van der Waals surface area contributed by atoms with Crippen LogP contribution in [0.15, 0.2) is 47.3 Å². The maximum Gasteiger partial charge on any atom is 0.259 e. The van der Waals surface area contributed by atoms with Gasteiger partial charge < -0.3 is 19.2 Å². The largest absolute Gasteiger partial charge is 0.493 e. The van der Waals surface area contributed by atoms with Crippen LogP contribution in [-0.4, -0.2) is 36.9 Å². The van der Waals surface area contributed by atoms with E-state index in [-0.39, 0.29) is 5.56 Å². The summed E-state index contributed by atoms with van der Waals surface area (Å²) in [5.74, 6) is 1.54. The lowest BCUT2D eigenvalue weighted by Crippen LogP contribution is -2.11. The van der Waals surface area contributed by atoms with Crippen LogP contribution >= 0.6 is 0 Å². The maximum absolute atomic E-state index is 12.4. The number of ether oxygens (including phenoxy) is 3. The van der Waals surface area contributed by atoms with Gasteiger partial charge in [0.1, 0.15) is 12.4 Å². The molecule has 0 unspecified atom stereocenters. The van der Waals surface area contributed by atoms with Crippen molar-refractivity contribution in [2.45, 2.75) is 6.92 Å². The number of fused-ring (bicyclic) bond motifs is 1. The third kappa shape index (κ3) is 3.64. The second-order valence-corrected chi connectivity index (χ2v) is 5.31. The number of benzene rings is 2. The van der Waals surface area contributed by atoms with Crippen LogP contribution in [0.4, 0.5) is 0 Å². The molecular formula is C19H20N2O4. The van der Waals surface area contributed by atoms with E-state index in [0.717, 1.165) is 0 Å². The Balaban J connectivity index is 2.05. The zero-order chi connectivity index (χ0) is 17.6. The summed E-state index contributed by atoms with van der Waals surface area (Å²) in [6.45, 7) is 3.40. The zero-order valence-corrected chi connectivity index (χ0v) is 14.2. The van der Waals surface area contributed by atoms with Gasteiger partial charge in [-0.1, -0.05) is 18.2 Å². The van der Waals surface area contributed by atoms with E-state index in [9.17, 15) is 4.79 Å². The van der Waals surface area contributed by atoms with Crippen LogP contribution in [0.3, 0.4) is 0 Å². The molecule has 1 heterocycles. The summed E-state index contributed by atoms with van der Waals surface area (Å²) in [6, 6.07) is 12.7. The number of nitrogens with zero attached hydrogens (tertiary/aromatic N) is 1. The van der Waals surface area contributed by atoms with E-state index in [4.69, 9.17) is 14.2 Å². The van der Waals surface area contributed by atoms with E-state index in [1.54, 1.807) is 19.2 Å². The predicted octanol–water partition coefficient (Wildman–Crippen LogP) is 3.01. The first-order valence-electron chi connectivity index (χ1n) is 8.11. The summed E-state index contributed by atoms with van der Waals surface area (Å²) >= 11 is 0. The van der Waals surface area contributed by atoms with Gasteiger partial charge in [-0.2, -0.15) is 0 Å². The van der Waals surface area contributed by atoms with Crippen LogP contribution in [0.5, 0.6) is 11.5 Å². The quantitative estimate of drug-likeness (QED) is 0.669. The molecule has 0 aliphatic rings. The molecule has 0 atom stereocenters. The number of hydrogen-bond acceptors (Lipinski definition) is 5. The van der Waals surface area contributed by atoms with Gasteiger partial charge in [-0.15, -0.1) is 0 Å². The Morgan fingerprint density at radius 3 is 2.72 bits per heavy atom. The third-order valence-electron chi connectivity index (χ3n) is 3.75. The van der Waals surface area contributed by atoms with Crippen LogP contribution in [-0.2, 0) is 4.74 Å². The van der Waals surface area contributed by atoms with E-state index in [2.05, 4.69) is 9.97 Å². The highest BCUT2D eigenvalue weighted by Crippen LogP contribution is 2.36. The second kappa shape index (κ2) is 7.81. The molecule has 1 aromatic heterocycles. The van der Waals surface area contributed by atoms with Crippen molar-refractivity contribution in [2.75, 3.05) is 26.9 Å². The lowest BCUT2D eigenvalue weighted by atomic mass is 10.1. The van der Waals surface area contributed by atoms with Crippen LogP contribution in [0.2, 0.25) is 0 Å². The Bertz CT molecular complexity index is 921. The van der Waals surface area contributed by atoms with Crippen molar-refractivity contribution >= 4 is 10.9 Å². The molecule has 0 saturated heterocycles. The van der Waals surface area contributed by atoms with Crippen molar-refractivity contribution in [1.82, 2.24) is 9.97 Å². The Morgan fingerprint density at radius 1 is 1.08 bits per heavy atom. The van der Waals surface area contributed by atoms with Gasteiger partial charge in [0.05, 0.1) is 30.2 Å². The van der Waals surface area contributed by atoms with Gasteiger partial charge in [0, 0.05) is 6.61 Å². The molecule has 2 aromatic carbocycles.